The molecule has 1 aromatic carbocycles. The van der Waals surface area contributed by atoms with E-state index in [0.29, 0.717) is 0 Å². The Bertz CT molecular complexity index is 408. The molecule has 2 nitrogen and oxygen atoms in total. The van der Waals surface area contributed by atoms with Gasteiger partial charge in [-0.3, -0.25) is 0 Å². The largest absolute Gasteiger partial charge is 0.367 e. The fourth-order valence-corrected chi connectivity index (χ4v) is 3.37. The van der Waals surface area contributed by atoms with E-state index in [1.54, 1.807) is 0 Å². The van der Waals surface area contributed by atoms with E-state index in [-0.39, 0.29) is 5.54 Å². The third-order valence-corrected chi connectivity index (χ3v) is 4.43. The van der Waals surface area contributed by atoms with Crippen LogP contribution >= 0.6 is 27.7 Å². The molecule has 84 valence electrons. The summed E-state index contributed by atoms with van der Waals surface area (Å²) in [6.45, 7) is 0. The second-order valence-electron chi connectivity index (χ2n) is 3.99. The van der Waals surface area contributed by atoms with E-state index in [1.165, 1.54) is 5.75 Å². The summed E-state index contributed by atoms with van der Waals surface area (Å²) in [6.07, 6.45) is 2.04. The molecule has 2 rings (SSSR count). The van der Waals surface area contributed by atoms with Crippen LogP contribution in [0, 0.1) is 11.3 Å². The summed E-state index contributed by atoms with van der Waals surface area (Å²) in [4.78, 5) is 0. The standard InChI is InChI=1S/C12H13BrN2S/c13-10-3-1-4-11(7-10)15-12(8-14)5-2-6-16-9-12/h1,3-4,7,15H,2,5-6,9H2. The fourth-order valence-electron chi connectivity index (χ4n) is 1.85. The highest BCUT2D eigenvalue weighted by atomic mass is 79.9. The van der Waals surface area contributed by atoms with Crippen molar-refractivity contribution in [2.75, 3.05) is 16.8 Å². The molecule has 1 aliphatic heterocycles. The third kappa shape index (κ3) is 2.72. The van der Waals surface area contributed by atoms with Crippen LogP contribution in [0.4, 0.5) is 5.69 Å². The Morgan fingerprint density at radius 3 is 3.00 bits per heavy atom. The van der Waals surface area contributed by atoms with Crippen molar-refractivity contribution in [3.8, 4) is 6.07 Å². The van der Waals surface area contributed by atoms with Crippen molar-refractivity contribution in [1.29, 1.82) is 5.26 Å². The minimum Gasteiger partial charge on any atom is -0.367 e. The van der Waals surface area contributed by atoms with Crippen molar-refractivity contribution >= 4 is 33.4 Å². The first-order valence-corrected chi connectivity index (χ1v) is 7.22. The minimum atomic E-state index is -0.385. The highest BCUT2D eigenvalue weighted by Crippen LogP contribution is 2.30. The van der Waals surface area contributed by atoms with E-state index in [9.17, 15) is 5.26 Å². The van der Waals surface area contributed by atoms with Crippen LogP contribution in [0.15, 0.2) is 28.7 Å². The molecule has 1 heterocycles. The lowest BCUT2D eigenvalue weighted by molar-refractivity contribution is 0.576. The molecule has 1 aliphatic rings. The number of nitriles is 1. The molecule has 0 spiro atoms. The van der Waals surface area contributed by atoms with E-state index in [2.05, 4.69) is 27.3 Å². The number of halogens is 1. The van der Waals surface area contributed by atoms with Gasteiger partial charge in [-0.2, -0.15) is 17.0 Å². The van der Waals surface area contributed by atoms with E-state index in [1.807, 2.05) is 36.0 Å². The van der Waals surface area contributed by atoms with Gasteiger partial charge in [0.15, 0.2) is 0 Å². The number of nitrogens with zero attached hydrogens (tertiary/aromatic N) is 1. The minimum absolute atomic E-state index is 0.385. The summed E-state index contributed by atoms with van der Waals surface area (Å²) in [5.41, 5.74) is 0.627. The van der Waals surface area contributed by atoms with E-state index < -0.39 is 0 Å². The fraction of sp³-hybridized carbons (Fsp3) is 0.417. The summed E-state index contributed by atoms with van der Waals surface area (Å²) < 4.78 is 1.04. The van der Waals surface area contributed by atoms with E-state index >= 15 is 0 Å². The molecule has 1 fully saturated rings. The summed E-state index contributed by atoms with van der Waals surface area (Å²) in [7, 11) is 0. The molecule has 0 aliphatic carbocycles. The van der Waals surface area contributed by atoms with Crippen LogP contribution in [-0.4, -0.2) is 17.0 Å². The highest BCUT2D eigenvalue weighted by molar-refractivity contribution is 9.10. The average molecular weight is 297 g/mol. The van der Waals surface area contributed by atoms with Gasteiger partial charge in [0.05, 0.1) is 6.07 Å². The quantitative estimate of drug-likeness (QED) is 0.905. The van der Waals surface area contributed by atoms with Crippen molar-refractivity contribution in [2.24, 2.45) is 0 Å². The molecule has 0 amide bonds. The van der Waals surface area contributed by atoms with Crippen LogP contribution in [-0.2, 0) is 0 Å². The first-order chi connectivity index (χ1) is 7.74. The van der Waals surface area contributed by atoms with Gasteiger partial charge in [0.1, 0.15) is 5.54 Å². The van der Waals surface area contributed by atoms with Crippen molar-refractivity contribution in [2.45, 2.75) is 18.4 Å². The number of anilines is 1. The Balaban J connectivity index is 2.15. The SMILES string of the molecule is N#CC1(Nc2cccc(Br)c2)CCCSC1. The molecule has 4 heteroatoms. The maximum Gasteiger partial charge on any atom is 0.134 e. The van der Waals surface area contributed by atoms with Crippen molar-refractivity contribution in [1.82, 2.24) is 0 Å². The lowest BCUT2D eigenvalue weighted by Gasteiger charge is -2.32. The van der Waals surface area contributed by atoms with Crippen LogP contribution in [0.25, 0.3) is 0 Å². The van der Waals surface area contributed by atoms with Gasteiger partial charge in [0.25, 0.3) is 0 Å². The maximum atomic E-state index is 9.33. The first-order valence-electron chi connectivity index (χ1n) is 5.27. The summed E-state index contributed by atoms with van der Waals surface area (Å²) in [6, 6.07) is 10.4. The number of rotatable bonds is 2. The molecular weight excluding hydrogens is 284 g/mol. The molecule has 0 radical (unpaired) electrons. The van der Waals surface area contributed by atoms with Crippen LogP contribution in [0.3, 0.4) is 0 Å². The van der Waals surface area contributed by atoms with Gasteiger partial charge >= 0.3 is 0 Å². The molecule has 1 aromatic rings. The predicted octanol–water partition coefficient (Wildman–Crippen LogP) is 3.65. The van der Waals surface area contributed by atoms with Gasteiger partial charge in [-0.1, -0.05) is 22.0 Å². The van der Waals surface area contributed by atoms with Gasteiger partial charge in [-0.05, 0) is 36.8 Å². The topological polar surface area (TPSA) is 35.8 Å². The number of hydrogen-bond donors (Lipinski definition) is 1. The van der Waals surface area contributed by atoms with E-state index in [0.717, 1.165) is 28.8 Å². The van der Waals surface area contributed by atoms with Gasteiger partial charge in [-0.15, -0.1) is 0 Å². The van der Waals surface area contributed by atoms with Crippen LogP contribution in [0.5, 0.6) is 0 Å². The lowest BCUT2D eigenvalue weighted by atomic mass is 9.97. The third-order valence-electron chi connectivity index (χ3n) is 2.66. The Morgan fingerprint density at radius 1 is 1.50 bits per heavy atom. The molecular formula is C12H13BrN2S. The average Bonchev–Trinajstić information content (AvgIpc) is 2.30. The maximum absolute atomic E-state index is 9.33. The summed E-state index contributed by atoms with van der Waals surface area (Å²) in [5, 5.41) is 12.7. The number of benzene rings is 1. The molecule has 1 unspecified atom stereocenters. The van der Waals surface area contributed by atoms with Crippen LogP contribution in [0.1, 0.15) is 12.8 Å². The second kappa shape index (κ2) is 5.11. The van der Waals surface area contributed by atoms with Gasteiger partial charge in [-0.25, -0.2) is 0 Å². The molecule has 1 atom stereocenters. The Labute approximate surface area is 109 Å². The van der Waals surface area contributed by atoms with Crippen molar-refractivity contribution in [3.05, 3.63) is 28.7 Å². The second-order valence-corrected chi connectivity index (χ2v) is 6.01. The predicted molar refractivity (Wildman–Crippen MR) is 72.7 cm³/mol. The Kier molecular flexibility index (Phi) is 3.78. The molecule has 0 saturated carbocycles. The molecule has 1 saturated heterocycles. The summed E-state index contributed by atoms with van der Waals surface area (Å²) >= 11 is 5.29. The molecule has 0 bridgehead atoms. The number of hydrogen-bond acceptors (Lipinski definition) is 3. The van der Waals surface area contributed by atoms with Crippen molar-refractivity contribution < 1.29 is 0 Å². The Morgan fingerprint density at radius 2 is 2.38 bits per heavy atom. The Hall–Kier alpha value is -0.660. The summed E-state index contributed by atoms with van der Waals surface area (Å²) in [5.74, 6) is 2.04. The zero-order valence-electron chi connectivity index (χ0n) is 8.87. The van der Waals surface area contributed by atoms with Gasteiger partial charge < -0.3 is 5.32 Å². The number of thioether (sulfide) groups is 1. The van der Waals surface area contributed by atoms with Crippen LogP contribution in [0.2, 0.25) is 0 Å². The van der Waals surface area contributed by atoms with Gasteiger partial charge in [0.2, 0.25) is 0 Å². The van der Waals surface area contributed by atoms with Gasteiger partial charge in [0, 0.05) is 15.9 Å². The zero-order chi connectivity index (χ0) is 11.4. The smallest absolute Gasteiger partial charge is 0.134 e. The first kappa shape index (κ1) is 11.8. The van der Waals surface area contributed by atoms with E-state index in [4.69, 9.17) is 0 Å². The normalized spacial score (nSPS) is 24.8. The molecule has 16 heavy (non-hydrogen) atoms. The van der Waals surface area contributed by atoms with Crippen molar-refractivity contribution in [3.63, 3.8) is 0 Å². The highest BCUT2D eigenvalue weighted by Gasteiger charge is 2.32. The number of nitrogens with one attached hydrogen (secondary N) is 1. The molecule has 0 aromatic heterocycles. The molecule has 1 N–H and O–H groups in total. The monoisotopic (exact) mass is 296 g/mol. The van der Waals surface area contributed by atoms with Crippen LogP contribution < -0.4 is 5.32 Å². The lowest BCUT2D eigenvalue weighted by Crippen LogP contribution is -2.41. The zero-order valence-corrected chi connectivity index (χ0v) is 11.3.